The van der Waals surface area contributed by atoms with Gasteiger partial charge < -0.3 is 10.7 Å². The molecule has 2 nitrogen and oxygen atoms in total. The highest BCUT2D eigenvalue weighted by atomic mass is 15.0. The van der Waals surface area contributed by atoms with Gasteiger partial charge in [-0.1, -0.05) is 18.2 Å². The molecule has 18 heavy (non-hydrogen) atoms. The Morgan fingerprint density at radius 2 is 1.72 bits per heavy atom. The van der Waals surface area contributed by atoms with E-state index in [9.17, 15) is 0 Å². The smallest absolute Gasteiger partial charge is 0.0316 e. The van der Waals surface area contributed by atoms with E-state index in [1.54, 1.807) is 0 Å². The van der Waals surface area contributed by atoms with Crippen molar-refractivity contribution >= 4 is 5.71 Å². The van der Waals surface area contributed by atoms with Crippen molar-refractivity contribution in [3.63, 3.8) is 0 Å². The molecule has 1 fully saturated rings. The van der Waals surface area contributed by atoms with Crippen LogP contribution in [0.25, 0.3) is 0 Å². The van der Waals surface area contributed by atoms with E-state index >= 15 is 0 Å². The Morgan fingerprint density at radius 3 is 2.17 bits per heavy atom. The summed E-state index contributed by atoms with van der Waals surface area (Å²) >= 11 is 0. The van der Waals surface area contributed by atoms with Crippen molar-refractivity contribution in [3.05, 3.63) is 24.3 Å². The molecule has 2 heteroatoms. The van der Waals surface area contributed by atoms with Gasteiger partial charge in [-0.15, -0.1) is 0 Å². The zero-order valence-corrected chi connectivity index (χ0v) is 12.6. The normalized spacial score (nSPS) is 23.2. The van der Waals surface area contributed by atoms with Crippen LogP contribution in [0.2, 0.25) is 0 Å². The van der Waals surface area contributed by atoms with Crippen molar-refractivity contribution in [2.45, 2.75) is 65.0 Å². The molecule has 1 aliphatic heterocycles. The lowest BCUT2D eigenvalue weighted by Crippen LogP contribution is -2.57. The molecule has 0 spiro atoms. The van der Waals surface area contributed by atoms with Crippen molar-refractivity contribution in [3.8, 4) is 0 Å². The van der Waals surface area contributed by atoms with Crippen LogP contribution in [0.3, 0.4) is 0 Å². The number of hydrogen-bond acceptors (Lipinski definition) is 2. The summed E-state index contributed by atoms with van der Waals surface area (Å²) in [6, 6.07) is 0. The fraction of sp³-hybridized carbons (Fsp3) is 0.688. The van der Waals surface area contributed by atoms with Crippen molar-refractivity contribution in [1.29, 1.82) is 5.41 Å². The number of rotatable bonds is 4. The summed E-state index contributed by atoms with van der Waals surface area (Å²) in [5, 5.41) is 11.7. The average molecular weight is 248 g/mol. The van der Waals surface area contributed by atoms with Gasteiger partial charge in [0.15, 0.2) is 0 Å². The van der Waals surface area contributed by atoms with Gasteiger partial charge in [0.1, 0.15) is 0 Å². The first-order valence-electron chi connectivity index (χ1n) is 6.80. The number of hydrogen-bond donors (Lipinski definition) is 2. The second-order valence-electron chi connectivity index (χ2n) is 7.08. The molecule has 0 amide bonds. The number of nitrogens with one attached hydrogen (secondary N) is 2. The van der Waals surface area contributed by atoms with E-state index < -0.39 is 0 Å². The van der Waals surface area contributed by atoms with Gasteiger partial charge in [0.05, 0.1) is 0 Å². The van der Waals surface area contributed by atoms with Gasteiger partial charge in [-0.2, -0.15) is 0 Å². The monoisotopic (exact) mass is 248 g/mol. The number of piperidine rings is 1. The third-order valence-corrected chi connectivity index (χ3v) is 3.35. The Labute approximate surface area is 112 Å². The van der Waals surface area contributed by atoms with E-state index in [1.807, 2.05) is 19.1 Å². The molecule has 0 saturated carbocycles. The minimum absolute atomic E-state index is 0.171. The van der Waals surface area contributed by atoms with E-state index in [2.05, 4.69) is 39.6 Å². The average Bonchev–Trinajstić information content (AvgIpc) is 2.09. The third-order valence-electron chi connectivity index (χ3n) is 3.35. The molecule has 0 aromatic rings. The zero-order chi connectivity index (χ0) is 14.0. The van der Waals surface area contributed by atoms with Crippen LogP contribution in [0.15, 0.2) is 24.3 Å². The van der Waals surface area contributed by atoms with Crippen molar-refractivity contribution in [2.24, 2.45) is 5.92 Å². The summed E-state index contributed by atoms with van der Waals surface area (Å²) in [6.45, 7) is 14.8. The zero-order valence-electron chi connectivity index (χ0n) is 12.6. The Bertz CT molecular complexity index is 345. The summed E-state index contributed by atoms with van der Waals surface area (Å²) in [4.78, 5) is 0. The standard InChI is InChI=1S/C16H28N2/c1-12(2)7-8-14(17)9-13-10-15(3,4)18-16(5,6)11-13/h7-8,13,17-18H,1,9-11H2,2-6H3/b8-7-,17-14?. The molecule has 2 N–H and O–H groups in total. The summed E-state index contributed by atoms with van der Waals surface area (Å²) in [6.07, 6.45) is 6.97. The molecule has 1 heterocycles. The summed E-state index contributed by atoms with van der Waals surface area (Å²) in [5.74, 6) is 0.596. The lowest BCUT2D eigenvalue weighted by atomic mass is 9.74. The highest BCUT2D eigenvalue weighted by Gasteiger charge is 2.37. The van der Waals surface area contributed by atoms with Gasteiger partial charge >= 0.3 is 0 Å². The quantitative estimate of drug-likeness (QED) is 0.570. The van der Waals surface area contributed by atoms with Crippen LogP contribution in [-0.2, 0) is 0 Å². The molecule has 1 aliphatic rings. The molecule has 0 bridgehead atoms. The van der Waals surface area contributed by atoms with Gasteiger partial charge in [-0.3, -0.25) is 0 Å². The van der Waals surface area contributed by atoms with Crippen LogP contribution < -0.4 is 5.32 Å². The topological polar surface area (TPSA) is 35.9 Å². The van der Waals surface area contributed by atoms with Crippen molar-refractivity contribution in [1.82, 2.24) is 5.32 Å². The van der Waals surface area contributed by atoms with Crippen molar-refractivity contribution in [2.75, 3.05) is 0 Å². The summed E-state index contributed by atoms with van der Waals surface area (Å²) < 4.78 is 0. The molecule has 0 atom stereocenters. The first-order valence-corrected chi connectivity index (χ1v) is 6.80. The van der Waals surface area contributed by atoms with Crippen LogP contribution in [0.4, 0.5) is 0 Å². The molecule has 102 valence electrons. The van der Waals surface area contributed by atoms with Crippen LogP contribution in [-0.4, -0.2) is 16.8 Å². The van der Waals surface area contributed by atoms with Crippen LogP contribution in [0, 0.1) is 11.3 Å². The van der Waals surface area contributed by atoms with Gasteiger partial charge in [-0.05, 0) is 65.9 Å². The molecule has 0 unspecified atom stereocenters. The van der Waals surface area contributed by atoms with E-state index in [1.165, 1.54) is 0 Å². The molecule has 1 saturated heterocycles. The molecule has 0 aliphatic carbocycles. The van der Waals surface area contributed by atoms with Crippen molar-refractivity contribution < 1.29 is 0 Å². The summed E-state index contributed by atoms with van der Waals surface area (Å²) in [7, 11) is 0. The Hall–Kier alpha value is -0.890. The molecular weight excluding hydrogens is 220 g/mol. The minimum Gasteiger partial charge on any atom is -0.307 e. The van der Waals surface area contributed by atoms with E-state index in [4.69, 9.17) is 5.41 Å². The maximum atomic E-state index is 8.03. The Kier molecular flexibility index (Phi) is 4.55. The van der Waals surface area contributed by atoms with Gasteiger partial charge in [0.2, 0.25) is 0 Å². The minimum atomic E-state index is 0.171. The highest BCUT2D eigenvalue weighted by Crippen LogP contribution is 2.34. The van der Waals surface area contributed by atoms with Gasteiger partial charge in [0, 0.05) is 16.8 Å². The Balaban J connectivity index is 2.62. The SMILES string of the molecule is C=C(C)/C=C\C(=N)CC1CC(C)(C)NC(C)(C)C1. The largest absolute Gasteiger partial charge is 0.307 e. The molecular formula is C16H28N2. The summed E-state index contributed by atoms with van der Waals surface area (Å²) in [5.41, 5.74) is 2.07. The van der Waals surface area contributed by atoms with E-state index in [0.717, 1.165) is 30.5 Å². The third kappa shape index (κ3) is 5.18. The van der Waals surface area contributed by atoms with Gasteiger partial charge in [0.25, 0.3) is 0 Å². The van der Waals surface area contributed by atoms with Gasteiger partial charge in [-0.25, -0.2) is 0 Å². The van der Waals surface area contributed by atoms with E-state index in [0.29, 0.717) is 5.92 Å². The maximum Gasteiger partial charge on any atom is 0.0316 e. The fourth-order valence-corrected chi connectivity index (χ4v) is 3.30. The predicted molar refractivity (Wildman–Crippen MR) is 80.3 cm³/mol. The van der Waals surface area contributed by atoms with Crippen LogP contribution in [0.1, 0.15) is 53.9 Å². The molecule has 0 aromatic carbocycles. The van der Waals surface area contributed by atoms with Crippen LogP contribution in [0.5, 0.6) is 0 Å². The van der Waals surface area contributed by atoms with E-state index in [-0.39, 0.29) is 11.1 Å². The predicted octanol–water partition coefficient (Wildman–Crippen LogP) is 4.09. The molecule has 1 rings (SSSR count). The maximum absolute atomic E-state index is 8.03. The molecule has 0 radical (unpaired) electrons. The highest BCUT2D eigenvalue weighted by molar-refractivity contribution is 5.92. The lowest BCUT2D eigenvalue weighted by molar-refractivity contribution is 0.132. The molecule has 0 aromatic heterocycles. The van der Waals surface area contributed by atoms with Crippen LogP contribution >= 0.6 is 0 Å². The lowest BCUT2D eigenvalue weighted by Gasteiger charge is -2.46. The first kappa shape index (κ1) is 15.2. The fourth-order valence-electron chi connectivity index (χ4n) is 3.30. The second kappa shape index (κ2) is 5.40. The first-order chi connectivity index (χ1) is 8.10. The second-order valence-corrected chi connectivity index (χ2v) is 7.08. The Morgan fingerprint density at radius 1 is 1.22 bits per heavy atom. The number of allylic oxidation sites excluding steroid dienone is 3.